The number of hydrogen-bond acceptors (Lipinski definition) is 4. The second-order valence-electron chi connectivity index (χ2n) is 8.73. The molecule has 166 valence electrons. The van der Waals surface area contributed by atoms with Gasteiger partial charge in [-0.25, -0.2) is 4.98 Å². The number of likely N-dealkylation sites (tertiary alicyclic amines) is 1. The Labute approximate surface area is 189 Å². The van der Waals surface area contributed by atoms with E-state index in [0.717, 1.165) is 62.5 Å². The molecule has 1 aliphatic carbocycles. The fourth-order valence-corrected chi connectivity index (χ4v) is 4.70. The Balaban J connectivity index is 1.24. The van der Waals surface area contributed by atoms with Crippen molar-refractivity contribution in [2.45, 2.75) is 58.4 Å². The largest absolute Gasteiger partial charge is 0.441 e. The van der Waals surface area contributed by atoms with Crippen LogP contribution in [0, 0.1) is 12.8 Å². The number of nitrogens with one attached hydrogen (secondary N) is 1. The Morgan fingerprint density at radius 2 is 2.13 bits per heavy atom. The number of carbonyl (C=O) groups excluding carboxylic acids is 1. The molecule has 5 nitrogen and oxygen atoms in total. The number of oxazole rings is 1. The van der Waals surface area contributed by atoms with Gasteiger partial charge in [0.25, 0.3) is 0 Å². The molecule has 1 fully saturated rings. The maximum atomic E-state index is 12.6. The van der Waals surface area contributed by atoms with Crippen molar-refractivity contribution in [2.24, 2.45) is 5.92 Å². The van der Waals surface area contributed by atoms with Gasteiger partial charge in [-0.3, -0.25) is 9.69 Å². The molecule has 1 saturated heterocycles. The van der Waals surface area contributed by atoms with Crippen LogP contribution in [0.15, 0.2) is 40.3 Å². The van der Waals surface area contributed by atoms with Gasteiger partial charge in [0.1, 0.15) is 5.76 Å². The first-order valence-corrected chi connectivity index (χ1v) is 11.9. The highest BCUT2D eigenvalue weighted by atomic mass is 35.5. The lowest BCUT2D eigenvalue weighted by molar-refractivity contribution is -0.126. The molecule has 31 heavy (non-hydrogen) atoms. The first-order chi connectivity index (χ1) is 15.1. The van der Waals surface area contributed by atoms with Crippen molar-refractivity contribution in [3.8, 4) is 11.5 Å². The van der Waals surface area contributed by atoms with E-state index in [1.807, 2.05) is 31.2 Å². The lowest BCUT2D eigenvalue weighted by atomic mass is 9.95. The minimum atomic E-state index is 0.122. The van der Waals surface area contributed by atoms with E-state index in [2.05, 4.69) is 16.3 Å². The molecule has 1 amide bonds. The summed E-state index contributed by atoms with van der Waals surface area (Å²) >= 11 is 6.09. The molecule has 4 rings (SSSR count). The van der Waals surface area contributed by atoms with Gasteiger partial charge in [0.2, 0.25) is 11.8 Å². The first kappa shape index (κ1) is 22.1. The third kappa shape index (κ3) is 5.98. The summed E-state index contributed by atoms with van der Waals surface area (Å²) in [6.07, 6.45) is 10.2. The molecule has 1 aromatic carbocycles. The van der Waals surface area contributed by atoms with Crippen LogP contribution in [0.1, 0.15) is 56.4 Å². The Bertz CT molecular complexity index is 929. The van der Waals surface area contributed by atoms with E-state index in [1.54, 1.807) is 0 Å². The highest BCUT2D eigenvalue weighted by Gasteiger charge is 2.26. The molecule has 0 radical (unpaired) electrons. The number of rotatable bonds is 7. The standard InChI is InChI=1S/C25H32ClN3O2/c1-18-23(28-25(31-18)21-8-5-9-22(26)16-21)17-29-14-11-20(12-15-29)24(30)27-13-10-19-6-3-2-4-7-19/h5-6,8-9,16,20H,2-4,7,10-15,17H2,1H3,(H,27,30). The monoisotopic (exact) mass is 441 g/mol. The molecule has 2 heterocycles. The second-order valence-corrected chi connectivity index (χ2v) is 9.17. The topological polar surface area (TPSA) is 58.4 Å². The molecule has 2 aliphatic rings. The molecule has 1 aliphatic heterocycles. The predicted molar refractivity (Wildman–Crippen MR) is 124 cm³/mol. The lowest BCUT2D eigenvalue weighted by Gasteiger charge is -2.30. The zero-order chi connectivity index (χ0) is 21.6. The summed E-state index contributed by atoms with van der Waals surface area (Å²) in [6, 6.07) is 7.56. The number of carbonyl (C=O) groups is 1. The molecule has 1 aromatic heterocycles. The fraction of sp³-hybridized carbons (Fsp3) is 0.520. The van der Waals surface area contributed by atoms with Gasteiger partial charge in [0.05, 0.1) is 5.69 Å². The molecule has 0 saturated carbocycles. The normalized spacial score (nSPS) is 18.1. The second kappa shape index (κ2) is 10.5. The van der Waals surface area contributed by atoms with Gasteiger partial charge in [-0.2, -0.15) is 0 Å². The van der Waals surface area contributed by atoms with Crippen LogP contribution in [0.3, 0.4) is 0 Å². The van der Waals surface area contributed by atoms with Crippen LogP contribution in [0.2, 0.25) is 5.02 Å². The van der Waals surface area contributed by atoms with Crippen LogP contribution >= 0.6 is 11.6 Å². The highest BCUT2D eigenvalue weighted by Crippen LogP contribution is 2.26. The smallest absolute Gasteiger partial charge is 0.226 e. The van der Waals surface area contributed by atoms with Crippen LogP contribution in [-0.4, -0.2) is 35.4 Å². The highest BCUT2D eigenvalue weighted by molar-refractivity contribution is 6.30. The molecular weight excluding hydrogens is 410 g/mol. The molecule has 0 bridgehead atoms. The maximum absolute atomic E-state index is 12.6. The summed E-state index contributed by atoms with van der Waals surface area (Å²) in [5, 5.41) is 3.83. The first-order valence-electron chi connectivity index (χ1n) is 11.5. The Morgan fingerprint density at radius 1 is 1.29 bits per heavy atom. The van der Waals surface area contributed by atoms with E-state index < -0.39 is 0 Å². The fourth-order valence-electron chi connectivity index (χ4n) is 4.51. The van der Waals surface area contributed by atoms with Gasteiger partial charge in [0.15, 0.2) is 0 Å². The van der Waals surface area contributed by atoms with Crippen molar-refractivity contribution in [3.05, 3.63) is 52.4 Å². The molecule has 0 spiro atoms. The average molecular weight is 442 g/mol. The average Bonchev–Trinajstić information content (AvgIpc) is 3.15. The van der Waals surface area contributed by atoms with E-state index >= 15 is 0 Å². The molecule has 0 atom stereocenters. The third-order valence-corrected chi connectivity index (χ3v) is 6.66. The zero-order valence-corrected chi connectivity index (χ0v) is 19.1. The van der Waals surface area contributed by atoms with Gasteiger partial charge >= 0.3 is 0 Å². The van der Waals surface area contributed by atoms with Gasteiger partial charge in [0, 0.05) is 29.6 Å². The van der Waals surface area contributed by atoms with Gasteiger partial charge in [-0.1, -0.05) is 29.3 Å². The van der Waals surface area contributed by atoms with Crippen molar-refractivity contribution in [1.29, 1.82) is 0 Å². The van der Waals surface area contributed by atoms with Crippen molar-refractivity contribution in [1.82, 2.24) is 15.2 Å². The quantitative estimate of drug-likeness (QED) is 0.574. The zero-order valence-electron chi connectivity index (χ0n) is 18.3. The van der Waals surface area contributed by atoms with Crippen LogP contribution in [0.4, 0.5) is 0 Å². The van der Waals surface area contributed by atoms with Gasteiger partial charge in [-0.15, -0.1) is 0 Å². The number of benzene rings is 1. The van der Waals surface area contributed by atoms with Crippen molar-refractivity contribution in [3.63, 3.8) is 0 Å². The summed E-state index contributed by atoms with van der Waals surface area (Å²) in [5.41, 5.74) is 3.36. The summed E-state index contributed by atoms with van der Waals surface area (Å²) in [4.78, 5) is 19.6. The Hall–Kier alpha value is -2.11. The number of hydrogen-bond donors (Lipinski definition) is 1. The van der Waals surface area contributed by atoms with Crippen molar-refractivity contribution >= 4 is 17.5 Å². The van der Waals surface area contributed by atoms with Crippen LogP contribution in [0.5, 0.6) is 0 Å². The number of piperidine rings is 1. The molecule has 2 aromatic rings. The van der Waals surface area contributed by atoms with Crippen molar-refractivity contribution in [2.75, 3.05) is 19.6 Å². The summed E-state index contributed by atoms with van der Waals surface area (Å²) in [5.74, 6) is 1.79. The van der Waals surface area contributed by atoms with E-state index in [9.17, 15) is 4.79 Å². The van der Waals surface area contributed by atoms with E-state index in [-0.39, 0.29) is 11.8 Å². The van der Waals surface area contributed by atoms with E-state index in [1.165, 1.54) is 31.3 Å². The number of allylic oxidation sites excluding steroid dienone is 1. The number of amides is 1. The predicted octanol–water partition coefficient (Wildman–Crippen LogP) is 5.52. The van der Waals surface area contributed by atoms with Gasteiger partial charge in [-0.05, 0) is 83.2 Å². The van der Waals surface area contributed by atoms with E-state index in [4.69, 9.17) is 21.0 Å². The molecule has 6 heteroatoms. The number of aromatic nitrogens is 1. The molecule has 0 unspecified atom stereocenters. The van der Waals surface area contributed by atoms with Crippen LogP contribution < -0.4 is 5.32 Å². The van der Waals surface area contributed by atoms with Crippen LogP contribution in [-0.2, 0) is 11.3 Å². The summed E-state index contributed by atoms with van der Waals surface area (Å²) < 4.78 is 5.89. The SMILES string of the molecule is Cc1oc(-c2cccc(Cl)c2)nc1CN1CCC(C(=O)NCCC2=CCCCC2)CC1. The molecular formula is C25H32ClN3O2. The lowest BCUT2D eigenvalue weighted by Crippen LogP contribution is -2.40. The maximum Gasteiger partial charge on any atom is 0.226 e. The molecule has 1 N–H and O–H groups in total. The summed E-state index contributed by atoms with van der Waals surface area (Å²) in [7, 11) is 0. The number of halogens is 1. The third-order valence-electron chi connectivity index (χ3n) is 6.43. The van der Waals surface area contributed by atoms with Gasteiger partial charge < -0.3 is 9.73 Å². The van der Waals surface area contributed by atoms with Crippen LogP contribution in [0.25, 0.3) is 11.5 Å². The summed E-state index contributed by atoms with van der Waals surface area (Å²) in [6.45, 7) is 5.29. The van der Waals surface area contributed by atoms with E-state index in [0.29, 0.717) is 10.9 Å². The van der Waals surface area contributed by atoms with Crippen molar-refractivity contribution < 1.29 is 9.21 Å². The Kier molecular flexibility index (Phi) is 7.46. The number of nitrogens with zero attached hydrogens (tertiary/aromatic N) is 2. The minimum Gasteiger partial charge on any atom is -0.441 e. The Morgan fingerprint density at radius 3 is 2.87 bits per heavy atom. The number of aryl methyl sites for hydroxylation is 1. The minimum absolute atomic E-state index is 0.122.